The van der Waals surface area contributed by atoms with Crippen molar-refractivity contribution in [2.45, 2.75) is 13.0 Å². The normalized spacial score (nSPS) is 12.0. The Bertz CT molecular complexity index is 1230. The lowest BCUT2D eigenvalue weighted by Gasteiger charge is -2.13. The number of aliphatic hydroxyl groups is 1. The molecule has 0 bridgehead atoms. The van der Waals surface area contributed by atoms with Crippen molar-refractivity contribution in [1.82, 2.24) is 4.57 Å². The second kappa shape index (κ2) is 6.84. The summed E-state index contributed by atoms with van der Waals surface area (Å²) in [6.07, 6.45) is -0.935. The summed E-state index contributed by atoms with van der Waals surface area (Å²) in [6.45, 7) is 1.96. The second-order valence-electron chi connectivity index (χ2n) is 6.33. The number of rotatable bonds is 3. The summed E-state index contributed by atoms with van der Waals surface area (Å²) in [4.78, 5) is 13.6. The predicted octanol–water partition coefficient (Wildman–Crippen LogP) is 4.31. The first kappa shape index (κ1) is 17.2. The van der Waals surface area contributed by atoms with Crippen LogP contribution in [-0.2, 0) is 0 Å². The van der Waals surface area contributed by atoms with E-state index in [0.717, 1.165) is 16.8 Å². The van der Waals surface area contributed by atoms with Gasteiger partial charge in [-0.1, -0.05) is 48.0 Å². The molecule has 4 rings (SSSR count). The van der Waals surface area contributed by atoms with E-state index < -0.39 is 6.10 Å². The Balaban J connectivity index is 2.00. The number of aryl methyl sites for hydroxylation is 1. The highest BCUT2D eigenvalue weighted by atomic mass is 32.1. The summed E-state index contributed by atoms with van der Waals surface area (Å²) < 4.78 is 1.59. The molecule has 132 valence electrons. The molecule has 0 radical (unpaired) electrons. The molecular formula is C22H16N2O2S. The first-order chi connectivity index (χ1) is 13.1. The van der Waals surface area contributed by atoms with Crippen molar-refractivity contribution in [3.63, 3.8) is 0 Å². The number of pyridine rings is 1. The van der Waals surface area contributed by atoms with Crippen LogP contribution in [-0.4, -0.2) is 9.67 Å². The van der Waals surface area contributed by atoms with Gasteiger partial charge >= 0.3 is 0 Å². The number of para-hydroxylation sites is 1. The Morgan fingerprint density at radius 3 is 2.56 bits per heavy atom. The molecule has 0 amide bonds. The zero-order valence-corrected chi connectivity index (χ0v) is 15.4. The first-order valence-corrected chi connectivity index (χ1v) is 9.30. The maximum Gasteiger partial charge on any atom is 0.256 e. The summed E-state index contributed by atoms with van der Waals surface area (Å²) in [6, 6.07) is 22.3. The summed E-state index contributed by atoms with van der Waals surface area (Å²) in [5.74, 6) is 0. The van der Waals surface area contributed by atoms with E-state index in [1.807, 2.05) is 61.5 Å². The van der Waals surface area contributed by atoms with Gasteiger partial charge in [-0.3, -0.25) is 9.36 Å². The lowest BCUT2D eigenvalue weighted by Crippen LogP contribution is -2.16. The van der Waals surface area contributed by atoms with E-state index in [1.54, 1.807) is 10.6 Å². The van der Waals surface area contributed by atoms with Crippen LogP contribution in [0.1, 0.15) is 27.7 Å². The fourth-order valence-electron chi connectivity index (χ4n) is 3.28. The van der Waals surface area contributed by atoms with Crippen molar-refractivity contribution in [1.29, 1.82) is 5.26 Å². The molecule has 1 N–H and O–H groups in total. The van der Waals surface area contributed by atoms with Gasteiger partial charge in [-0.2, -0.15) is 5.26 Å². The number of benzene rings is 2. The van der Waals surface area contributed by atoms with Gasteiger partial charge in [-0.25, -0.2) is 0 Å². The van der Waals surface area contributed by atoms with E-state index >= 15 is 0 Å². The molecule has 1 unspecified atom stereocenters. The van der Waals surface area contributed by atoms with Crippen molar-refractivity contribution in [3.05, 3.63) is 98.7 Å². The molecule has 2 aromatic heterocycles. The van der Waals surface area contributed by atoms with Gasteiger partial charge in [0.2, 0.25) is 0 Å². The highest BCUT2D eigenvalue weighted by Crippen LogP contribution is 2.37. The van der Waals surface area contributed by atoms with E-state index in [1.165, 1.54) is 17.4 Å². The summed E-state index contributed by atoms with van der Waals surface area (Å²) in [5, 5.41) is 21.4. The van der Waals surface area contributed by atoms with Crippen molar-refractivity contribution in [2.75, 3.05) is 0 Å². The third-order valence-electron chi connectivity index (χ3n) is 4.53. The Hall–Kier alpha value is -3.20. The molecule has 27 heavy (non-hydrogen) atoms. The van der Waals surface area contributed by atoms with Crippen LogP contribution in [0.3, 0.4) is 0 Å². The summed E-state index contributed by atoms with van der Waals surface area (Å²) in [5.41, 5.74) is 2.87. The number of fused-ring (bicyclic) bond motifs is 1. The molecule has 1 atom stereocenters. The van der Waals surface area contributed by atoms with Crippen molar-refractivity contribution in [2.24, 2.45) is 0 Å². The molecule has 0 aliphatic heterocycles. The monoisotopic (exact) mass is 372 g/mol. The highest BCUT2D eigenvalue weighted by molar-refractivity contribution is 7.19. The van der Waals surface area contributed by atoms with E-state index in [2.05, 4.69) is 6.07 Å². The Labute approximate surface area is 160 Å². The Morgan fingerprint density at radius 1 is 1.07 bits per heavy atom. The summed E-state index contributed by atoms with van der Waals surface area (Å²) in [7, 11) is 0. The number of hydrogen-bond donors (Lipinski definition) is 1. The fourth-order valence-corrected chi connectivity index (χ4v) is 4.43. The van der Waals surface area contributed by atoms with E-state index in [4.69, 9.17) is 0 Å². The van der Waals surface area contributed by atoms with Crippen LogP contribution < -0.4 is 5.56 Å². The highest BCUT2D eigenvalue weighted by Gasteiger charge is 2.23. The topological polar surface area (TPSA) is 66.0 Å². The van der Waals surface area contributed by atoms with Gasteiger partial charge in [0, 0.05) is 17.0 Å². The van der Waals surface area contributed by atoms with Gasteiger partial charge in [-0.15, -0.1) is 11.3 Å². The smallest absolute Gasteiger partial charge is 0.256 e. The van der Waals surface area contributed by atoms with Crippen LogP contribution in [0.15, 0.2) is 71.5 Å². The van der Waals surface area contributed by atoms with Gasteiger partial charge in [0.05, 0.1) is 5.69 Å². The maximum atomic E-state index is 12.6. The van der Waals surface area contributed by atoms with Gasteiger partial charge in [0.15, 0.2) is 0 Å². The minimum atomic E-state index is -0.935. The van der Waals surface area contributed by atoms with Crippen LogP contribution >= 0.6 is 11.3 Å². The molecule has 2 heterocycles. The Morgan fingerprint density at radius 2 is 1.85 bits per heavy atom. The molecule has 0 fully saturated rings. The van der Waals surface area contributed by atoms with Crippen molar-refractivity contribution < 1.29 is 5.11 Å². The molecular weight excluding hydrogens is 356 g/mol. The third kappa shape index (κ3) is 2.95. The third-order valence-corrected chi connectivity index (χ3v) is 5.64. The van der Waals surface area contributed by atoms with Gasteiger partial charge in [0.1, 0.15) is 21.9 Å². The van der Waals surface area contributed by atoms with Gasteiger partial charge < -0.3 is 5.11 Å². The fraction of sp³-hybridized carbons (Fsp3) is 0.0909. The molecule has 4 nitrogen and oxygen atoms in total. The van der Waals surface area contributed by atoms with Crippen molar-refractivity contribution >= 4 is 21.6 Å². The molecule has 0 spiro atoms. The molecule has 0 aliphatic carbocycles. The number of aromatic nitrogens is 1. The SMILES string of the molecule is Cc1cccc(C(O)c2c(C#N)sc3c2ccc(=O)n3-c2ccccc2)c1. The first-order valence-electron chi connectivity index (χ1n) is 8.49. The number of nitriles is 1. The molecule has 4 aromatic rings. The van der Waals surface area contributed by atoms with E-state index in [0.29, 0.717) is 20.7 Å². The molecule has 0 aliphatic rings. The lowest BCUT2D eigenvalue weighted by atomic mass is 9.98. The standard InChI is InChI=1S/C22H16N2O2S/c1-14-6-5-7-15(12-14)21(26)20-17-10-11-19(25)24(16-8-3-2-4-9-16)22(17)27-18(20)13-23/h2-12,21,26H,1H3. The number of thiophene rings is 1. The zero-order chi connectivity index (χ0) is 19.0. The quantitative estimate of drug-likeness (QED) is 0.583. The molecule has 5 heteroatoms. The Kier molecular flexibility index (Phi) is 4.36. The van der Waals surface area contributed by atoms with E-state index in [9.17, 15) is 15.2 Å². The summed E-state index contributed by atoms with van der Waals surface area (Å²) >= 11 is 1.23. The van der Waals surface area contributed by atoms with Crippen LogP contribution in [0, 0.1) is 18.3 Å². The minimum Gasteiger partial charge on any atom is -0.384 e. The average Bonchev–Trinajstić information content (AvgIpc) is 3.06. The zero-order valence-electron chi connectivity index (χ0n) is 14.6. The molecule has 0 saturated heterocycles. The molecule has 2 aromatic carbocycles. The maximum absolute atomic E-state index is 12.6. The second-order valence-corrected chi connectivity index (χ2v) is 7.33. The van der Waals surface area contributed by atoms with Gasteiger partial charge in [0.25, 0.3) is 5.56 Å². The lowest BCUT2D eigenvalue weighted by molar-refractivity contribution is 0.222. The van der Waals surface area contributed by atoms with Crippen LogP contribution in [0.5, 0.6) is 0 Å². The largest absolute Gasteiger partial charge is 0.384 e. The number of hydrogen-bond acceptors (Lipinski definition) is 4. The molecule has 0 saturated carbocycles. The van der Waals surface area contributed by atoms with Gasteiger partial charge in [-0.05, 0) is 30.7 Å². The van der Waals surface area contributed by atoms with E-state index in [-0.39, 0.29) is 5.56 Å². The average molecular weight is 372 g/mol. The van der Waals surface area contributed by atoms with Crippen molar-refractivity contribution in [3.8, 4) is 11.8 Å². The minimum absolute atomic E-state index is 0.170. The van der Waals surface area contributed by atoms with Crippen LogP contribution in [0.25, 0.3) is 15.9 Å². The number of aliphatic hydroxyl groups excluding tert-OH is 1. The van der Waals surface area contributed by atoms with Crippen LogP contribution in [0.2, 0.25) is 0 Å². The number of nitrogens with zero attached hydrogens (tertiary/aromatic N) is 2. The van der Waals surface area contributed by atoms with Crippen LogP contribution in [0.4, 0.5) is 0 Å². The predicted molar refractivity (Wildman–Crippen MR) is 107 cm³/mol.